The van der Waals surface area contributed by atoms with Crippen LogP contribution in [0.15, 0.2) is 48.8 Å². The zero-order valence-corrected chi connectivity index (χ0v) is 20.7. The van der Waals surface area contributed by atoms with Crippen molar-refractivity contribution in [2.24, 2.45) is 0 Å². The molecule has 0 unspecified atom stereocenters. The van der Waals surface area contributed by atoms with Gasteiger partial charge in [-0.25, -0.2) is 9.31 Å². The highest BCUT2D eigenvalue weighted by molar-refractivity contribution is 5.80. The Morgan fingerprint density at radius 3 is 2.54 bits per heavy atom. The molecule has 1 aromatic carbocycles. The first-order valence-electron chi connectivity index (χ1n) is 12.7. The number of carbonyl (C=O) groups excluding carboxylic acids is 1. The van der Waals surface area contributed by atoms with E-state index in [0.717, 1.165) is 61.4 Å². The van der Waals surface area contributed by atoms with E-state index in [9.17, 15) is 4.79 Å². The number of rotatable bonds is 6. The van der Waals surface area contributed by atoms with E-state index in [2.05, 4.69) is 64.8 Å². The van der Waals surface area contributed by atoms with Gasteiger partial charge < -0.3 is 24.6 Å². The van der Waals surface area contributed by atoms with E-state index in [-0.39, 0.29) is 11.7 Å². The van der Waals surface area contributed by atoms with Gasteiger partial charge in [-0.3, -0.25) is 0 Å². The first kappa shape index (κ1) is 23.6. The maximum Gasteiger partial charge on any atom is 0.409 e. The molecule has 0 aliphatic carbocycles. The number of nitrogens with one attached hydrogen (secondary N) is 1. The largest absolute Gasteiger partial charge is 0.450 e. The van der Waals surface area contributed by atoms with Gasteiger partial charge in [0.15, 0.2) is 0 Å². The van der Waals surface area contributed by atoms with Crippen molar-refractivity contribution in [3.63, 3.8) is 0 Å². The molecule has 8 heteroatoms. The van der Waals surface area contributed by atoms with Gasteiger partial charge in [0.05, 0.1) is 17.8 Å². The van der Waals surface area contributed by atoms with E-state index in [0.29, 0.717) is 26.3 Å². The van der Waals surface area contributed by atoms with E-state index in [4.69, 9.17) is 9.47 Å². The third-order valence-corrected chi connectivity index (χ3v) is 7.14. The number of piperidine rings is 1. The normalized spacial score (nSPS) is 20.9. The van der Waals surface area contributed by atoms with Crippen LogP contribution in [0.1, 0.15) is 32.3 Å². The third kappa shape index (κ3) is 4.73. The van der Waals surface area contributed by atoms with Crippen molar-refractivity contribution >= 4 is 17.3 Å². The van der Waals surface area contributed by atoms with Crippen LogP contribution < -0.4 is 10.2 Å². The Hall–Kier alpha value is -3.10. The van der Waals surface area contributed by atoms with Crippen molar-refractivity contribution in [3.8, 4) is 11.1 Å². The summed E-state index contributed by atoms with van der Waals surface area (Å²) in [5.41, 5.74) is 5.49. The lowest BCUT2D eigenvalue weighted by Crippen LogP contribution is -2.49. The van der Waals surface area contributed by atoms with Crippen LogP contribution in [0.25, 0.3) is 16.6 Å². The van der Waals surface area contributed by atoms with Crippen molar-refractivity contribution in [3.05, 3.63) is 54.4 Å². The maximum absolute atomic E-state index is 12.1. The number of ether oxygens (including phenoxy) is 2. The molecule has 2 aliphatic heterocycles. The topological polar surface area (TPSA) is 71.3 Å². The van der Waals surface area contributed by atoms with Gasteiger partial charge in [0.1, 0.15) is 5.60 Å². The second-order valence-corrected chi connectivity index (χ2v) is 9.23. The summed E-state index contributed by atoms with van der Waals surface area (Å²) in [6, 6.07) is 13.1. The number of benzene rings is 1. The monoisotopic (exact) mass is 477 g/mol. The van der Waals surface area contributed by atoms with Crippen molar-refractivity contribution < 1.29 is 14.3 Å². The summed E-state index contributed by atoms with van der Waals surface area (Å²) in [6.07, 6.45) is 5.86. The number of carbonyl (C=O) groups is 1. The zero-order valence-electron chi connectivity index (χ0n) is 20.7. The fraction of sp³-hybridized carbons (Fsp3) is 0.481. The predicted molar refractivity (Wildman–Crippen MR) is 137 cm³/mol. The molecule has 4 heterocycles. The van der Waals surface area contributed by atoms with Crippen LogP contribution >= 0.6 is 0 Å². The Morgan fingerprint density at radius 2 is 1.86 bits per heavy atom. The van der Waals surface area contributed by atoms with Crippen LogP contribution in [-0.4, -0.2) is 73.1 Å². The highest BCUT2D eigenvalue weighted by atomic mass is 16.6. The van der Waals surface area contributed by atoms with Gasteiger partial charge in [-0.05, 0) is 56.5 Å². The van der Waals surface area contributed by atoms with Gasteiger partial charge >= 0.3 is 6.09 Å². The lowest BCUT2D eigenvalue weighted by molar-refractivity contribution is -0.0600. The molecule has 0 saturated carbocycles. The first-order valence-corrected chi connectivity index (χ1v) is 12.7. The third-order valence-electron chi connectivity index (χ3n) is 7.14. The fourth-order valence-corrected chi connectivity index (χ4v) is 5.34. The minimum absolute atomic E-state index is 0.226. The summed E-state index contributed by atoms with van der Waals surface area (Å²) >= 11 is 0. The summed E-state index contributed by atoms with van der Waals surface area (Å²) in [7, 11) is 0. The Balaban J connectivity index is 1.36. The molecule has 1 atom stereocenters. The lowest BCUT2D eigenvalue weighted by Gasteiger charge is -2.38. The number of hydrogen-bond donors (Lipinski definition) is 1. The van der Waals surface area contributed by atoms with Gasteiger partial charge in [0.2, 0.25) is 0 Å². The Bertz CT molecular complexity index is 1140. The molecule has 0 bridgehead atoms. The van der Waals surface area contributed by atoms with E-state index < -0.39 is 0 Å². The van der Waals surface area contributed by atoms with Gasteiger partial charge in [-0.1, -0.05) is 24.3 Å². The second kappa shape index (κ2) is 10.3. The molecule has 2 aromatic heterocycles. The summed E-state index contributed by atoms with van der Waals surface area (Å²) in [5, 5.41) is 8.06. The van der Waals surface area contributed by atoms with Crippen LogP contribution in [0.4, 0.5) is 10.5 Å². The highest BCUT2D eigenvalue weighted by Crippen LogP contribution is 2.35. The highest BCUT2D eigenvalue weighted by Gasteiger charge is 2.34. The second-order valence-electron chi connectivity index (χ2n) is 9.23. The van der Waals surface area contributed by atoms with Crippen molar-refractivity contribution in [1.29, 1.82) is 0 Å². The smallest absolute Gasteiger partial charge is 0.409 e. The number of amides is 1. The molecule has 35 heavy (non-hydrogen) atoms. The SMILES string of the molecule is CCOC(=O)N1CCN(c2ccnn3cc(-c4ccc([C@]5(OCC)CCCNC5)cc4)cc23)CC1. The van der Waals surface area contributed by atoms with Gasteiger partial charge in [0.25, 0.3) is 0 Å². The van der Waals surface area contributed by atoms with Gasteiger partial charge in [-0.15, -0.1) is 0 Å². The quantitative estimate of drug-likeness (QED) is 0.581. The predicted octanol–water partition coefficient (Wildman–Crippen LogP) is 3.90. The molecular formula is C27H35N5O3. The van der Waals surface area contributed by atoms with E-state index >= 15 is 0 Å². The summed E-state index contributed by atoms with van der Waals surface area (Å²) in [6.45, 7) is 9.76. The molecule has 2 aliphatic rings. The fourth-order valence-electron chi connectivity index (χ4n) is 5.34. The molecule has 0 radical (unpaired) electrons. The summed E-state index contributed by atoms with van der Waals surface area (Å²) < 4.78 is 13.4. The molecule has 1 N–H and O–H groups in total. The Kier molecular flexibility index (Phi) is 6.92. The van der Waals surface area contributed by atoms with Crippen LogP contribution in [-0.2, 0) is 15.1 Å². The molecule has 2 saturated heterocycles. The van der Waals surface area contributed by atoms with Gasteiger partial charge in [0, 0.05) is 57.3 Å². The van der Waals surface area contributed by atoms with E-state index in [1.54, 1.807) is 4.90 Å². The zero-order chi connectivity index (χ0) is 24.3. The van der Waals surface area contributed by atoms with Crippen molar-refractivity contribution in [2.75, 3.05) is 57.4 Å². The van der Waals surface area contributed by atoms with Crippen molar-refractivity contribution in [1.82, 2.24) is 19.8 Å². The number of piperazine rings is 1. The lowest BCUT2D eigenvalue weighted by atomic mass is 9.85. The van der Waals surface area contributed by atoms with Crippen LogP contribution in [0.5, 0.6) is 0 Å². The Labute approximate surface area is 206 Å². The number of anilines is 1. The summed E-state index contributed by atoms with van der Waals surface area (Å²) in [5.74, 6) is 0. The van der Waals surface area contributed by atoms with Gasteiger partial charge in [-0.2, -0.15) is 5.10 Å². The van der Waals surface area contributed by atoms with Crippen LogP contribution in [0, 0.1) is 0 Å². The minimum atomic E-state index is -0.239. The van der Waals surface area contributed by atoms with E-state index in [1.807, 2.05) is 17.6 Å². The average Bonchev–Trinajstić information content (AvgIpc) is 3.34. The maximum atomic E-state index is 12.1. The van der Waals surface area contributed by atoms with Crippen LogP contribution in [0.3, 0.4) is 0 Å². The number of aromatic nitrogens is 2. The van der Waals surface area contributed by atoms with E-state index in [1.165, 1.54) is 5.56 Å². The molecule has 2 fully saturated rings. The number of hydrogen-bond acceptors (Lipinski definition) is 6. The molecule has 8 nitrogen and oxygen atoms in total. The van der Waals surface area contributed by atoms with Crippen molar-refractivity contribution in [2.45, 2.75) is 32.3 Å². The molecule has 0 spiro atoms. The Morgan fingerprint density at radius 1 is 1.06 bits per heavy atom. The average molecular weight is 478 g/mol. The first-order chi connectivity index (χ1) is 17.1. The molecule has 5 rings (SSSR count). The standard InChI is InChI=1S/C27H35N5O3/c1-3-34-26(33)31-16-14-30(15-17-31)24-10-13-29-32-19-22(18-25(24)32)21-6-8-23(9-7-21)27(35-4-2)11-5-12-28-20-27/h6-10,13,18-19,28H,3-5,11-12,14-17,20H2,1-2H3/t27-/m0/s1. The number of nitrogens with zero attached hydrogens (tertiary/aromatic N) is 4. The molecule has 1 amide bonds. The molecule has 3 aromatic rings. The number of fused-ring (bicyclic) bond motifs is 1. The summed E-state index contributed by atoms with van der Waals surface area (Å²) in [4.78, 5) is 16.2. The molecule has 186 valence electrons. The van der Waals surface area contributed by atoms with Crippen LogP contribution in [0.2, 0.25) is 0 Å². The molecular weight excluding hydrogens is 442 g/mol. The minimum Gasteiger partial charge on any atom is -0.450 e.